The average molecular weight is 286 g/mol. The number of benzene rings is 1. The van der Waals surface area contributed by atoms with Crippen LogP contribution in [0.5, 0.6) is 0 Å². The molecule has 1 atom stereocenters. The van der Waals surface area contributed by atoms with Crippen LogP contribution in [-0.4, -0.2) is 34.8 Å². The van der Waals surface area contributed by atoms with Crippen LogP contribution in [0.2, 0.25) is 0 Å². The number of hydrogen-bond acceptors (Lipinski definition) is 2. The van der Waals surface area contributed by atoms with Gasteiger partial charge in [-0.05, 0) is 13.0 Å². The molecule has 0 aliphatic rings. The van der Waals surface area contributed by atoms with Crippen molar-refractivity contribution >= 4 is 16.8 Å². The molecule has 20 heavy (non-hydrogen) atoms. The Balaban J connectivity index is 2.18. The minimum absolute atomic E-state index is 0.287. The van der Waals surface area contributed by atoms with Gasteiger partial charge in [0.2, 0.25) is 0 Å². The molecule has 2 rings (SSSR count). The van der Waals surface area contributed by atoms with Gasteiger partial charge in [0.25, 0.3) is 5.91 Å². The number of aromatic nitrogens is 1. The highest BCUT2D eigenvalue weighted by atomic mass is 19.4. The smallest absolute Gasteiger partial charge is 0.382 e. The van der Waals surface area contributed by atoms with Crippen molar-refractivity contribution in [3.63, 3.8) is 0 Å². The number of carbonyl (C=O) groups excluding carboxylic acids is 1. The van der Waals surface area contributed by atoms with Gasteiger partial charge in [-0.15, -0.1) is 0 Å². The molecule has 0 aliphatic carbocycles. The van der Waals surface area contributed by atoms with Crippen LogP contribution in [0, 0.1) is 6.92 Å². The molecule has 0 saturated carbocycles. The van der Waals surface area contributed by atoms with E-state index in [-0.39, 0.29) is 5.56 Å². The normalized spacial score (nSPS) is 13.4. The molecular weight excluding hydrogens is 273 g/mol. The Morgan fingerprint density at radius 2 is 2.05 bits per heavy atom. The number of aromatic amines is 1. The van der Waals surface area contributed by atoms with Gasteiger partial charge in [0.1, 0.15) is 0 Å². The van der Waals surface area contributed by atoms with Crippen molar-refractivity contribution in [1.82, 2.24) is 10.3 Å². The Morgan fingerprint density at radius 1 is 1.40 bits per heavy atom. The molecule has 0 fully saturated rings. The lowest BCUT2D eigenvalue weighted by atomic mass is 10.1. The van der Waals surface area contributed by atoms with Crippen LogP contribution in [0.4, 0.5) is 13.2 Å². The summed E-state index contributed by atoms with van der Waals surface area (Å²) in [5.74, 6) is -0.650. The van der Waals surface area contributed by atoms with Gasteiger partial charge in [-0.2, -0.15) is 13.2 Å². The van der Waals surface area contributed by atoms with Crippen LogP contribution in [-0.2, 0) is 0 Å². The number of aliphatic hydroxyl groups is 1. The fraction of sp³-hybridized carbons (Fsp3) is 0.308. The van der Waals surface area contributed by atoms with Crippen molar-refractivity contribution in [2.45, 2.75) is 19.2 Å². The topological polar surface area (TPSA) is 65.1 Å². The molecule has 1 unspecified atom stereocenters. The molecule has 1 amide bonds. The first kappa shape index (κ1) is 14.4. The summed E-state index contributed by atoms with van der Waals surface area (Å²) in [5.41, 5.74) is 1.58. The SMILES string of the molecule is Cc1[nH]c2ccccc2c1C(=O)NCC(O)C(F)(F)F. The van der Waals surface area contributed by atoms with Crippen molar-refractivity contribution in [3.05, 3.63) is 35.5 Å². The summed E-state index contributed by atoms with van der Waals surface area (Å²) in [5, 5.41) is 11.6. The van der Waals surface area contributed by atoms with E-state index in [2.05, 4.69) is 10.3 Å². The lowest BCUT2D eigenvalue weighted by molar-refractivity contribution is -0.201. The van der Waals surface area contributed by atoms with Gasteiger partial charge in [-0.1, -0.05) is 18.2 Å². The van der Waals surface area contributed by atoms with E-state index in [0.29, 0.717) is 11.1 Å². The Labute approximate surface area is 112 Å². The molecule has 4 nitrogen and oxygen atoms in total. The highest BCUT2D eigenvalue weighted by Crippen LogP contribution is 2.22. The molecule has 1 heterocycles. The molecule has 7 heteroatoms. The number of carbonyl (C=O) groups is 1. The first-order valence-electron chi connectivity index (χ1n) is 5.91. The lowest BCUT2D eigenvalue weighted by Gasteiger charge is -2.15. The summed E-state index contributed by atoms with van der Waals surface area (Å²) >= 11 is 0. The van der Waals surface area contributed by atoms with Crippen molar-refractivity contribution in [2.24, 2.45) is 0 Å². The first-order chi connectivity index (χ1) is 9.30. The van der Waals surface area contributed by atoms with E-state index in [0.717, 1.165) is 5.52 Å². The van der Waals surface area contributed by atoms with Gasteiger partial charge in [-0.25, -0.2) is 0 Å². The van der Waals surface area contributed by atoms with Crippen molar-refractivity contribution in [2.75, 3.05) is 6.54 Å². The fourth-order valence-electron chi connectivity index (χ4n) is 1.96. The van der Waals surface area contributed by atoms with E-state index in [1.165, 1.54) is 0 Å². The molecule has 0 saturated heterocycles. The second-order valence-electron chi connectivity index (χ2n) is 4.44. The molecule has 108 valence electrons. The first-order valence-corrected chi connectivity index (χ1v) is 5.91. The number of aliphatic hydroxyl groups excluding tert-OH is 1. The van der Waals surface area contributed by atoms with Gasteiger partial charge in [0.15, 0.2) is 6.10 Å². The standard InChI is InChI=1S/C13H13F3N2O2/c1-7-11(8-4-2-3-5-9(8)18-7)12(20)17-6-10(19)13(14,15)16/h2-5,10,18-19H,6H2,1H3,(H,17,20). The van der Waals surface area contributed by atoms with E-state index in [1.807, 2.05) is 0 Å². The number of para-hydroxylation sites is 1. The zero-order valence-corrected chi connectivity index (χ0v) is 10.6. The monoisotopic (exact) mass is 286 g/mol. The van der Waals surface area contributed by atoms with Crippen LogP contribution in [0.1, 0.15) is 16.1 Å². The maximum absolute atomic E-state index is 12.2. The van der Waals surface area contributed by atoms with E-state index in [1.54, 1.807) is 31.2 Å². The summed E-state index contributed by atoms with van der Waals surface area (Å²) in [6.45, 7) is 0.788. The Bertz CT molecular complexity index is 634. The van der Waals surface area contributed by atoms with E-state index in [9.17, 15) is 18.0 Å². The fourth-order valence-corrected chi connectivity index (χ4v) is 1.96. The van der Waals surface area contributed by atoms with Crippen molar-refractivity contribution in [3.8, 4) is 0 Å². The molecule has 3 N–H and O–H groups in total. The minimum atomic E-state index is -4.75. The number of amides is 1. The summed E-state index contributed by atoms with van der Waals surface area (Å²) < 4.78 is 36.5. The number of nitrogens with one attached hydrogen (secondary N) is 2. The molecule has 1 aromatic heterocycles. The van der Waals surface area contributed by atoms with Gasteiger partial charge < -0.3 is 15.4 Å². The number of rotatable bonds is 3. The quantitative estimate of drug-likeness (QED) is 0.809. The number of hydrogen-bond donors (Lipinski definition) is 3. The summed E-state index contributed by atoms with van der Waals surface area (Å²) in [6.07, 6.45) is -7.32. The van der Waals surface area contributed by atoms with Crippen LogP contribution >= 0.6 is 0 Å². The third kappa shape index (κ3) is 2.77. The Kier molecular flexibility index (Phi) is 3.71. The number of aryl methyl sites for hydroxylation is 1. The van der Waals surface area contributed by atoms with Crippen molar-refractivity contribution < 1.29 is 23.1 Å². The van der Waals surface area contributed by atoms with E-state index >= 15 is 0 Å². The molecule has 0 radical (unpaired) electrons. The summed E-state index contributed by atoms with van der Waals surface area (Å²) in [4.78, 5) is 14.9. The van der Waals surface area contributed by atoms with Gasteiger partial charge in [-0.3, -0.25) is 4.79 Å². The Hall–Kier alpha value is -2.02. The van der Waals surface area contributed by atoms with Crippen molar-refractivity contribution in [1.29, 1.82) is 0 Å². The maximum Gasteiger partial charge on any atom is 0.416 e. The number of H-pyrrole nitrogens is 1. The number of fused-ring (bicyclic) bond motifs is 1. The molecule has 0 spiro atoms. The molecule has 0 aliphatic heterocycles. The van der Waals surface area contributed by atoms with E-state index in [4.69, 9.17) is 5.11 Å². The zero-order chi connectivity index (χ0) is 14.9. The molecule has 1 aromatic carbocycles. The van der Waals surface area contributed by atoms with Gasteiger partial charge in [0, 0.05) is 16.6 Å². The minimum Gasteiger partial charge on any atom is -0.382 e. The highest BCUT2D eigenvalue weighted by molar-refractivity contribution is 6.08. The second-order valence-corrected chi connectivity index (χ2v) is 4.44. The summed E-state index contributed by atoms with van der Waals surface area (Å²) in [6, 6.07) is 6.99. The Morgan fingerprint density at radius 3 is 2.70 bits per heavy atom. The highest BCUT2D eigenvalue weighted by Gasteiger charge is 2.38. The largest absolute Gasteiger partial charge is 0.416 e. The predicted molar refractivity (Wildman–Crippen MR) is 67.4 cm³/mol. The molecule has 2 aromatic rings. The third-order valence-corrected chi connectivity index (χ3v) is 2.95. The van der Waals surface area contributed by atoms with Gasteiger partial charge >= 0.3 is 6.18 Å². The zero-order valence-electron chi connectivity index (χ0n) is 10.6. The summed E-state index contributed by atoms with van der Waals surface area (Å²) in [7, 11) is 0. The average Bonchev–Trinajstić information content (AvgIpc) is 2.70. The van der Waals surface area contributed by atoms with Crippen LogP contribution in [0.3, 0.4) is 0 Å². The van der Waals surface area contributed by atoms with E-state index < -0.39 is 24.7 Å². The second kappa shape index (κ2) is 5.16. The maximum atomic E-state index is 12.2. The molecule has 0 bridgehead atoms. The van der Waals surface area contributed by atoms with Crippen LogP contribution < -0.4 is 5.32 Å². The van der Waals surface area contributed by atoms with Crippen LogP contribution in [0.15, 0.2) is 24.3 Å². The number of halogens is 3. The third-order valence-electron chi connectivity index (χ3n) is 2.95. The van der Waals surface area contributed by atoms with Crippen LogP contribution in [0.25, 0.3) is 10.9 Å². The number of alkyl halides is 3. The predicted octanol–water partition coefficient (Wildman–Crippen LogP) is 2.13. The molecular formula is C13H13F3N2O2. The van der Waals surface area contributed by atoms with Gasteiger partial charge in [0.05, 0.1) is 12.1 Å². The lowest BCUT2D eigenvalue weighted by Crippen LogP contribution is -2.40.